The van der Waals surface area contributed by atoms with Gasteiger partial charge < -0.3 is 10.2 Å². The van der Waals surface area contributed by atoms with E-state index in [-0.39, 0.29) is 21.3 Å². The summed E-state index contributed by atoms with van der Waals surface area (Å²) in [5.41, 5.74) is -0.689. The van der Waals surface area contributed by atoms with E-state index in [4.69, 9.17) is 5.11 Å². The van der Waals surface area contributed by atoms with Crippen LogP contribution in [-0.2, 0) is 10.2 Å². The van der Waals surface area contributed by atoms with Gasteiger partial charge >= 0.3 is 5.97 Å². The van der Waals surface area contributed by atoms with Crippen molar-refractivity contribution in [3.63, 3.8) is 0 Å². The molecule has 1 fully saturated rings. The van der Waals surface area contributed by atoms with Gasteiger partial charge in [0.15, 0.2) is 0 Å². The summed E-state index contributed by atoms with van der Waals surface area (Å²) in [4.78, 5) is 11.2. The van der Waals surface area contributed by atoms with Crippen molar-refractivity contribution < 1.29 is 19.4 Å². The molecule has 0 heterocycles. The standard InChI is InChI=1S/C11H10BrFO3/c1-5-7(13)4-6(12)9(14)8(5)11(2-3-11)10(15)16/h4,14H,2-3H2,1H3,(H,15,16). The molecule has 1 aliphatic rings. The highest BCUT2D eigenvalue weighted by molar-refractivity contribution is 9.10. The van der Waals surface area contributed by atoms with Gasteiger partial charge in [0.25, 0.3) is 0 Å². The van der Waals surface area contributed by atoms with Crippen LogP contribution in [0, 0.1) is 12.7 Å². The molecule has 2 rings (SSSR count). The number of carboxylic acids is 1. The van der Waals surface area contributed by atoms with E-state index in [9.17, 15) is 14.3 Å². The van der Waals surface area contributed by atoms with Gasteiger partial charge in [0.2, 0.25) is 0 Å². The molecule has 0 unspecified atom stereocenters. The van der Waals surface area contributed by atoms with Gasteiger partial charge in [-0.1, -0.05) is 0 Å². The lowest BCUT2D eigenvalue weighted by Crippen LogP contribution is -2.21. The molecule has 2 N–H and O–H groups in total. The van der Waals surface area contributed by atoms with Crippen molar-refractivity contribution in [2.24, 2.45) is 0 Å². The molecular formula is C11H10BrFO3. The molecule has 0 bridgehead atoms. The highest BCUT2D eigenvalue weighted by Crippen LogP contribution is 2.54. The third kappa shape index (κ3) is 1.42. The Morgan fingerprint density at radius 2 is 2.12 bits per heavy atom. The van der Waals surface area contributed by atoms with E-state index >= 15 is 0 Å². The minimum absolute atomic E-state index is 0.168. The van der Waals surface area contributed by atoms with Gasteiger partial charge in [-0.25, -0.2) is 4.39 Å². The number of carbonyl (C=O) groups is 1. The maximum absolute atomic E-state index is 13.5. The summed E-state index contributed by atoms with van der Waals surface area (Å²) >= 11 is 3.02. The Bertz CT molecular complexity index is 454. The predicted molar refractivity (Wildman–Crippen MR) is 59.0 cm³/mol. The van der Waals surface area contributed by atoms with Gasteiger partial charge in [-0.2, -0.15) is 0 Å². The van der Waals surface area contributed by atoms with Crippen LogP contribution in [0.3, 0.4) is 0 Å². The van der Waals surface area contributed by atoms with Gasteiger partial charge in [-0.3, -0.25) is 4.79 Å². The normalized spacial score (nSPS) is 17.2. The van der Waals surface area contributed by atoms with E-state index in [1.54, 1.807) is 0 Å². The largest absolute Gasteiger partial charge is 0.506 e. The zero-order chi connectivity index (χ0) is 12.1. The molecule has 0 saturated heterocycles. The summed E-state index contributed by atoms with van der Waals surface area (Å²) in [6, 6.07) is 1.14. The lowest BCUT2D eigenvalue weighted by Gasteiger charge is -2.17. The van der Waals surface area contributed by atoms with Crippen molar-refractivity contribution in [1.82, 2.24) is 0 Å². The van der Waals surface area contributed by atoms with Gasteiger partial charge in [0, 0.05) is 5.56 Å². The number of hydrogen-bond donors (Lipinski definition) is 2. The van der Waals surface area contributed by atoms with E-state index in [1.165, 1.54) is 6.92 Å². The molecule has 1 aromatic rings. The highest BCUT2D eigenvalue weighted by Gasteiger charge is 2.54. The molecule has 1 aromatic carbocycles. The van der Waals surface area contributed by atoms with Crippen LogP contribution >= 0.6 is 15.9 Å². The van der Waals surface area contributed by atoms with Crippen LogP contribution in [0.15, 0.2) is 10.5 Å². The lowest BCUT2D eigenvalue weighted by atomic mass is 9.90. The molecule has 0 amide bonds. The second-order valence-corrected chi connectivity index (χ2v) is 4.93. The van der Waals surface area contributed by atoms with Crippen molar-refractivity contribution in [3.05, 3.63) is 27.5 Å². The molecule has 1 aliphatic carbocycles. The summed E-state index contributed by atoms with van der Waals surface area (Å²) in [5, 5.41) is 19.0. The maximum atomic E-state index is 13.5. The number of rotatable bonds is 2. The maximum Gasteiger partial charge on any atom is 0.314 e. The Morgan fingerprint density at radius 1 is 1.56 bits per heavy atom. The van der Waals surface area contributed by atoms with Crippen molar-refractivity contribution in [1.29, 1.82) is 0 Å². The number of phenols is 1. The Kier molecular flexibility index (Phi) is 2.45. The number of hydrogen-bond acceptors (Lipinski definition) is 2. The van der Waals surface area contributed by atoms with Crippen LogP contribution in [0.25, 0.3) is 0 Å². The average molecular weight is 289 g/mol. The number of benzene rings is 1. The molecular weight excluding hydrogens is 279 g/mol. The molecule has 5 heteroatoms. The zero-order valence-corrected chi connectivity index (χ0v) is 10.1. The molecule has 16 heavy (non-hydrogen) atoms. The first-order chi connectivity index (χ1) is 7.40. The molecule has 0 aliphatic heterocycles. The third-order valence-electron chi connectivity index (χ3n) is 3.09. The molecule has 0 spiro atoms. The third-order valence-corrected chi connectivity index (χ3v) is 3.69. The molecule has 1 saturated carbocycles. The Hall–Kier alpha value is -1.10. The fourth-order valence-electron chi connectivity index (χ4n) is 1.99. The van der Waals surface area contributed by atoms with Gasteiger partial charge in [0.05, 0.1) is 9.89 Å². The monoisotopic (exact) mass is 288 g/mol. The first-order valence-electron chi connectivity index (χ1n) is 4.81. The molecule has 0 atom stereocenters. The van der Waals surface area contributed by atoms with Crippen LogP contribution in [-0.4, -0.2) is 16.2 Å². The number of aliphatic carboxylic acids is 1. The summed E-state index contributed by atoms with van der Waals surface area (Å²) in [6.45, 7) is 1.49. The van der Waals surface area contributed by atoms with Gasteiger partial charge in [-0.05, 0) is 47.3 Å². The SMILES string of the molecule is Cc1c(F)cc(Br)c(O)c1C1(C(=O)O)CC1. The average Bonchev–Trinajstić information content (AvgIpc) is 2.97. The van der Waals surface area contributed by atoms with Gasteiger partial charge in [0.1, 0.15) is 11.6 Å². The number of halogens is 2. The Morgan fingerprint density at radius 3 is 2.56 bits per heavy atom. The number of carboxylic acid groups (broad SMARTS) is 1. The van der Waals surface area contributed by atoms with E-state index < -0.39 is 17.2 Å². The molecule has 3 nitrogen and oxygen atoms in total. The van der Waals surface area contributed by atoms with Crippen LogP contribution in [0.4, 0.5) is 4.39 Å². The number of phenolic OH excluding ortho intramolecular Hbond substituents is 1. The predicted octanol–water partition coefficient (Wildman–Crippen LogP) is 2.72. The topological polar surface area (TPSA) is 57.5 Å². The summed E-state index contributed by atoms with van der Waals surface area (Å²) in [6.07, 6.45) is 0.874. The second-order valence-electron chi connectivity index (χ2n) is 4.08. The van der Waals surface area contributed by atoms with Crippen LogP contribution in [0.2, 0.25) is 0 Å². The van der Waals surface area contributed by atoms with Crippen LogP contribution in [0.1, 0.15) is 24.0 Å². The van der Waals surface area contributed by atoms with Crippen molar-refractivity contribution in [2.45, 2.75) is 25.2 Å². The Balaban J connectivity index is 2.70. The first kappa shape index (κ1) is 11.4. The fourth-order valence-corrected chi connectivity index (χ4v) is 2.38. The zero-order valence-electron chi connectivity index (χ0n) is 8.55. The van der Waals surface area contributed by atoms with E-state index in [1.807, 2.05) is 0 Å². The van der Waals surface area contributed by atoms with E-state index in [2.05, 4.69) is 15.9 Å². The van der Waals surface area contributed by atoms with Crippen LogP contribution in [0.5, 0.6) is 5.75 Å². The van der Waals surface area contributed by atoms with Crippen LogP contribution < -0.4 is 0 Å². The number of aromatic hydroxyl groups is 1. The van der Waals surface area contributed by atoms with Gasteiger partial charge in [-0.15, -0.1) is 0 Å². The summed E-state index contributed by atoms with van der Waals surface area (Å²) < 4.78 is 13.7. The Labute approximate surface area is 100 Å². The van der Waals surface area contributed by atoms with Crippen molar-refractivity contribution in [3.8, 4) is 5.75 Å². The van der Waals surface area contributed by atoms with Crippen molar-refractivity contribution in [2.75, 3.05) is 0 Å². The lowest BCUT2D eigenvalue weighted by molar-refractivity contribution is -0.140. The molecule has 0 aromatic heterocycles. The summed E-state index contributed by atoms with van der Waals surface area (Å²) in [7, 11) is 0. The molecule has 0 radical (unpaired) electrons. The highest BCUT2D eigenvalue weighted by atomic mass is 79.9. The van der Waals surface area contributed by atoms with Crippen molar-refractivity contribution >= 4 is 21.9 Å². The van der Waals surface area contributed by atoms with E-state index in [0.717, 1.165) is 6.07 Å². The first-order valence-corrected chi connectivity index (χ1v) is 5.61. The fraction of sp³-hybridized carbons (Fsp3) is 0.364. The van der Waals surface area contributed by atoms with E-state index in [0.29, 0.717) is 12.8 Å². The minimum atomic E-state index is -1.10. The molecule has 86 valence electrons. The summed E-state index contributed by atoms with van der Waals surface area (Å²) in [5.74, 6) is -1.69. The minimum Gasteiger partial charge on any atom is -0.506 e. The quantitative estimate of drug-likeness (QED) is 0.880. The smallest absolute Gasteiger partial charge is 0.314 e. The second kappa shape index (κ2) is 3.45.